The van der Waals surface area contributed by atoms with Crippen molar-refractivity contribution in [2.75, 3.05) is 6.54 Å². The number of carbonyl (C=O) groups excluding carboxylic acids is 1. The Morgan fingerprint density at radius 2 is 2.10 bits per heavy atom. The van der Waals surface area contributed by atoms with Crippen LogP contribution < -0.4 is 11.1 Å². The normalized spacial score (nSPS) is 13.7. The van der Waals surface area contributed by atoms with Crippen LogP contribution in [0, 0.1) is 12.8 Å². The molecule has 0 spiro atoms. The molecule has 3 N–H and O–H groups in total. The van der Waals surface area contributed by atoms with Gasteiger partial charge in [-0.2, -0.15) is 4.98 Å². The lowest BCUT2D eigenvalue weighted by molar-refractivity contribution is -0.125. The molecule has 2 rings (SSSR count). The average molecular weight is 288 g/mol. The third-order valence-electron chi connectivity index (χ3n) is 3.34. The zero-order chi connectivity index (χ0) is 15.2. The predicted octanol–water partition coefficient (Wildman–Crippen LogP) is 1.37. The number of aryl methyl sites for hydroxylation is 1. The largest absolute Gasteiger partial charge is 0.355 e. The molecule has 1 aromatic carbocycles. The molecule has 1 heterocycles. The summed E-state index contributed by atoms with van der Waals surface area (Å²) >= 11 is 0. The van der Waals surface area contributed by atoms with Crippen LogP contribution in [0.3, 0.4) is 0 Å². The number of rotatable bonds is 6. The highest BCUT2D eigenvalue weighted by Gasteiger charge is 2.21. The van der Waals surface area contributed by atoms with Crippen LogP contribution in [-0.2, 0) is 11.2 Å². The Kier molecular flexibility index (Phi) is 5.05. The van der Waals surface area contributed by atoms with Crippen molar-refractivity contribution in [2.24, 2.45) is 11.7 Å². The van der Waals surface area contributed by atoms with Crippen molar-refractivity contribution < 1.29 is 9.32 Å². The first-order valence-corrected chi connectivity index (χ1v) is 6.95. The van der Waals surface area contributed by atoms with Gasteiger partial charge >= 0.3 is 0 Å². The minimum absolute atomic E-state index is 0.0809. The van der Waals surface area contributed by atoms with Gasteiger partial charge in [0.15, 0.2) is 5.82 Å². The maximum atomic E-state index is 12.1. The zero-order valence-electron chi connectivity index (χ0n) is 12.2. The SMILES string of the molecule is Cc1noc(CCNC(=O)C(C)C(N)c2ccccc2)n1. The van der Waals surface area contributed by atoms with Gasteiger partial charge in [-0.3, -0.25) is 4.79 Å². The highest BCUT2D eigenvalue weighted by atomic mass is 16.5. The maximum absolute atomic E-state index is 12.1. The van der Waals surface area contributed by atoms with E-state index in [0.717, 1.165) is 5.56 Å². The summed E-state index contributed by atoms with van der Waals surface area (Å²) in [5.74, 6) is 0.725. The van der Waals surface area contributed by atoms with E-state index >= 15 is 0 Å². The van der Waals surface area contributed by atoms with Crippen LogP contribution in [0.4, 0.5) is 0 Å². The third kappa shape index (κ3) is 4.13. The van der Waals surface area contributed by atoms with E-state index in [9.17, 15) is 4.79 Å². The summed E-state index contributed by atoms with van der Waals surface area (Å²) in [4.78, 5) is 16.2. The first-order valence-electron chi connectivity index (χ1n) is 6.95. The molecule has 0 aliphatic carbocycles. The second kappa shape index (κ2) is 6.99. The van der Waals surface area contributed by atoms with Crippen LogP contribution in [0.15, 0.2) is 34.9 Å². The third-order valence-corrected chi connectivity index (χ3v) is 3.34. The topological polar surface area (TPSA) is 94.0 Å². The van der Waals surface area contributed by atoms with Crippen LogP contribution in [0.1, 0.15) is 30.2 Å². The fourth-order valence-corrected chi connectivity index (χ4v) is 2.02. The van der Waals surface area contributed by atoms with Gasteiger partial charge in [0.2, 0.25) is 11.8 Å². The van der Waals surface area contributed by atoms with Crippen molar-refractivity contribution in [1.82, 2.24) is 15.5 Å². The van der Waals surface area contributed by atoms with E-state index in [1.807, 2.05) is 37.3 Å². The first-order chi connectivity index (χ1) is 10.1. The molecule has 6 heteroatoms. The van der Waals surface area contributed by atoms with Crippen molar-refractivity contribution in [2.45, 2.75) is 26.3 Å². The molecule has 2 unspecified atom stereocenters. The molecular weight excluding hydrogens is 268 g/mol. The Morgan fingerprint density at radius 3 is 2.71 bits per heavy atom. The maximum Gasteiger partial charge on any atom is 0.228 e. The van der Waals surface area contributed by atoms with Crippen molar-refractivity contribution in [3.05, 3.63) is 47.6 Å². The van der Waals surface area contributed by atoms with Gasteiger partial charge < -0.3 is 15.6 Å². The molecule has 0 radical (unpaired) electrons. The lowest BCUT2D eigenvalue weighted by Gasteiger charge is -2.19. The average Bonchev–Trinajstić information content (AvgIpc) is 2.92. The number of amides is 1. The van der Waals surface area contributed by atoms with Gasteiger partial charge in [-0.05, 0) is 12.5 Å². The van der Waals surface area contributed by atoms with Gasteiger partial charge in [-0.25, -0.2) is 0 Å². The summed E-state index contributed by atoms with van der Waals surface area (Å²) in [6, 6.07) is 9.28. The molecule has 1 amide bonds. The van der Waals surface area contributed by atoms with Gasteiger partial charge in [0.05, 0.1) is 5.92 Å². The molecule has 2 atom stereocenters. The summed E-state index contributed by atoms with van der Waals surface area (Å²) in [7, 11) is 0. The summed E-state index contributed by atoms with van der Waals surface area (Å²) in [6.45, 7) is 4.03. The molecule has 21 heavy (non-hydrogen) atoms. The molecule has 0 aliphatic heterocycles. The fraction of sp³-hybridized carbons (Fsp3) is 0.400. The van der Waals surface area contributed by atoms with Crippen LogP contribution in [0.25, 0.3) is 0 Å². The van der Waals surface area contributed by atoms with Gasteiger partial charge in [0.25, 0.3) is 0 Å². The van der Waals surface area contributed by atoms with E-state index in [-0.39, 0.29) is 17.9 Å². The lowest BCUT2D eigenvalue weighted by Crippen LogP contribution is -2.36. The number of nitrogens with zero attached hydrogens (tertiary/aromatic N) is 2. The van der Waals surface area contributed by atoms with E-state index in [2.05, 4.69) is 15.5 Å². The van der Waals surface area contributed by atoms with Crippen LogP contribution >= 0.6 is 0 Å². The van der Waals surface area contributed by atoms with Gasteiger partial charge in [-0.1, -0.05) is 42.4 Å². The Balaban J connectivity index is 1.82. The number of benzene rings is 1. The molecule has 6 nitrogen and oxygen atoms in total. The van der Waals surface area contributed by atoms with Crippen LogP contribution in [0.2, 0.25) is 0 Å². The van der Waals surface area contributed by atoms with E-state index in [0.29, 0.717) is 24.7 Å². The monoisotopic (exact) mass is 288 g/mol. The molecule has 0 bridgehead atoms. The Labute approximate surface area is 123 Å². The van der Waals surface area contributed by atoms with Crippen LogP contribution in [0.5, 0.6) is 0 Å². The van der Waals surface area contributed by atoms with E-state index in [4.69, 9.17) is 10.3 Å². The molecule has 2 aromatic rings. The zero-order valence-corrected chi connectivity index (χ0v) is 12.2. The van der Waals surface area contributed by atoms with Crippen molar-refractivity contribution in [3.63, 3.8) is 0 Å². The highest BCUT2D eigenvalue weighted by molar-refractivity contribution is 5.79. The quantitative estimate of drug-likeness (QED) is 0.837. The van der Waals surface area contributed by atoms with E-state index in [1.165, 1.54) is 0 Å². The Bertz CT molecular complexity index is 582. The minimum Gasteiger partial charge on any atom is -0.355 e. The number of carbonyl (C=O) groups is 1. The molecule has 112 valence electrons. The summed E-state index contributed by atoms with van der Waals surface area (Å²) in [5, 5.41) is 6.54. The van der Waals surface area contributed by atoms with Gasteiger partial charge in [0.1, 0.15) is 0 Å². The number of nitrogens with one attached hydrogen (secondary N) is 1. The molecule has 1 aromatic heterocycles. The highest BCUT2D eigenvalue weighted by Crippen LogP contribution is 2.18. The Morgan fingerprint density at radius 1 is 1.38 bits per heavy atom. The smallest absolute Gasteiger partial charge is 0.228 e. The summed E-state index contributed by atoms with van der Waals surface area (Å²) < 4.78 is 4.99. The first kappa shape index (κ1) is 15.2. The van der Waals surface area contributed by atoms with Gasteiger partial charge in [-0.15, -0.1) is 0 Å². The second-order valence-corrected chi connectivity index (χ2v) is 5.00. The molecular formula is C15H20N4O2. The molecule has 0 saturated heterocycles. The molecule has 0 saturated carbocycles. The van der Waals surface area contributed by atoms with Crippen molar-refractivity contribution in [3.8, 4) is 0 Å². The molecule has 0 aliphatic rings. The van der Waals surface area contributed by atoms with E-state index in [1.54, 1.807) is 6.92 Å². The number of aromatic nitrogens is 2. The molecule has 0 fully saturated rings. The second-order valence-electron chi connectivity index (χ2n) is 5.00. The van der Waals surface area contributed by atoms with Gasteiger partial charge in [0, 0.05) is 19.0 Å². The van der Waals surface area contributed by atoms with Crippen molar-refractivity contribution in [1.29, 1.82) is 0 Å². The predicted molar refractivity (Wildman–Crippen MR) is 78.3 cm³/mol. The minimum atomic E-state index is -0.322. The van der Waals surface area contributed by atoms with E-state index < -0.39 is 0 Å². The lowest BCUT2D eigenvalue weighted by atomic mass is 9.95. The number of hydrogen-bond donors (Lipinski definition) is 2. The van der Waals surface area contributed by atoms with Crippen molar-refractivity contribution >= 4 is 5.91 Å². The fourth-order valence-electron chi connectivity index (χ4n) is 2.02. The summed E-state index contributed by atoms with van der Waals surface area (Å²) in [5.41, 5.74) is 7.08. The number of nitrogens with two attached hydrogens (primary N) is 1. The Hall–Kier alpha value is -2.21. The summed E-state index contributed by atoms with van der Waals surface area (Å²) in [6.07, 6.45) is 0.514. The van der Waals surface area contributed by atoms with Crippen LogP contribution in [-0.4, -0.2) is 22.6 Å². The number of hydrogen-bond acceptors (Lipinski definition) is 5. The standard InChI is InChI=1S/C15H20N4O2/c1-10(14(16)12-6-4-3-5-7-12)15(20)17-9-8-13-18-11(2)19-21-13/h3-7,10,14H,8-9,16H2,1-2H3,(H,17,20).